The summed E-state index contributed by atoms with van der Waals surface area (Å²) in [5.41, 5.74) is 1.60. The average Bonchev–Trinajstić information content (AvgIpc) is 3.51. The molecule has 0 bridgehead atoms. The zero-order valence-corrected chi connectivity index (χ0v) is 20.1. The number of imidazole rings is 1. The average molecular weight is 489 g/mol. The molecule has 2 heterocycles. The van der Waals surface area contributed by atoms with Gasteiger partial charge in [0.25, 0.3) is 0 Å². The first kappa shape index (κ1) is 25.8. The summed E-state index contributed by atoms with van der Waals surface area (Å²) in [7, 11) is 0. The Morgan fingerprint density at radius 3 is 2.79 bits per heavy atom. The van der Waals surface area contributed by atoms with Gasteiger partial charge in [-0.2, -0.15) is 11.8 Å². The van der Waals surface area contributed by atoms with Crippen LogP contribution in [0.5, 0.6) is 0 Å². The molecule has 1 fully saturated rings. The Bertz CT molecular complexity index is 925. The van der Waals surface area contributed by atoms with Crippen LogP contribution in [0, 0.1) is 0 Å². The number of benzene rings is 1. The fraction of sp³-hybridized carbons (Fsp3) is 0.500. The molecule has 2 aromatic rings. The van der Waals surface area contributed by atoms with Crippen molar-refractivity contribution >= 4 is 29.5 Å². The van der Waals surface area contributed by atoms with Crippen LogP contribution in [0.3, 0.4) is 0 Å². The number of nitrogens with one attached hydrogen (secondary N) is 2. The Balaban J connectivity index is 1.65. The van der Waals surface area contributed by atoms with Crippen molar-refractivity contribution < 1.29 is 24.2 Å². The quantitative estimate of drug-likeness (QED) is 0.393. The molecule has 3 atom stereocenters. The summed E-state index contributed by atoms with van der Waals surface area (Å²) in [6, 6.07) is 8.36. The molecule has 1 saturated heterocycles. The van der Waals surface area contributed by atoms with E-state index in [1.807, 2.05) is 36.6 Å². The number of hydrogen-bond acceptors (Lipinski definition) is 6. The van der Waals surface area contributed by atoms with E-state index in [9.17, 15) is 19.5 Å². The molecule has 2 amide bonds. The third-order valence-electron chi connectivity index (χ3n) is 5.86. The Hall–Kier alpha value is -2.85. The normalized spacial score (nSPS) is 17.3. The van der Waals surface area contributed by atoms with Crippen molar-refractivity contribution in [1.82, 2.24) is 20.2 Å². The Morgan fingerprint density at radius 1 is 1.32 bits per heavy atom. The van der Waals surface area contributed by atoms with Gasteiger partial charge in [-0.1, -0.05) is 30.3 Å². The van der Waals surface area contributed by atoms with E-state index in [4.69, 9.17) is 4.74 Å². The van der Waals surface area contributed by atoms with E-state index in [-0.39, 0.29) is 25.0 Å². The highest BCUT2D eigenvalue weighted by Crippen LogP contribution is 2.20. The number of aromatic nitrogens is 2. The summed E-state index contributed by atoms with van der Waals surface area (Å²) < 4.78 is 6.07. The second-order valence-corrected chi connectivity index (χ2v) is 9.30. The fourth-order valence-corrected chi connectivity index (χ4v) is 4.49. The lowest BCUT2D eigenvalue weighted by molar-refractivity contribution is -0.145. The van der Waals surface area contributed by atoms with Crippen molar-refractivity contribution in [2.45, 2.75) is 50.3 Å². The number of aromatic amines is 1. The van der Waals surface area contributed by atoms with E-state index >= 15 is 0 Å². The molecule has 1 aromatic carbocycles. The fourth-order valence-electron chi connectivity index (χ4n) is 4.02. The van der Waals surface area contributed by atoms with Gasteiger partial charge in [0.05, 0.1) is 31.1 Å². The van der Waals surface area contributed by atoms with E-state index < -0.39 is 24.0 Å². The third kappa shape index (κ3) is 7.59. The number of likely N-dealkylation sites (tertiary alicyclic amines) is 1. The molecular weight excluding hydrogens is 456 g/mol. The van der Waals surface area contributed by atoms with Crippen molar-refractivity contribution in [2.24, 2.45) is 0 Å². The third-order valence-corrected chi connectivity index (χ3v) is 6.50. The molecule has 1 aliphatic rings. The number of hydrogen-bond donors (Lipinski definition) is 3. The second kappa shape index (κ2) is 13.1. The van der Waals surface area contributed by atoms with Crippen molar-refractivity contribution in [3.05, 3.63) is 54.1 Å². The van der Waals surface area contributed by atoms with Crippen molar-refractivity contribution in [3.63, 3.8) is 0 Å². The van der Waals surface area contributed by atoms with Gasteiger partial charge < -0.3 is 25.0 Å². The summed E-state index contributed by atoms with van der Waals surface area (Å²) in [6.07, 6.45) is 6.80. The number of H-pyrrole nitrogens is 1. The van der Waals surface area contributed by atoms with E-state index in [1.54, 1.807) is 17.4 Å². The van der Waals surface area contributed by atoms with Gasteiger partial charge in [-0.25, -0.2) is 9.78 Å². The van der Waals surface area contributed by atoms with Crippen LogP contribution >= 0.6 is 11.8 Å². The zero-order valence-electron chi connectivity index (χ0n) is 19.3. The van der Waals surface area contributed by atoms with Gasteiger partial charge in [0.2, 0.25) is 11.8 Å². The number of amides is 2. The summed E-state index contributed by atoms with van der Waals surface area (Å²) in [5.74, 6) is -0.918. The zero-order chi connectivity index (χ0) is 24.3. The van der Waals surface area contributed by atoms with Gasteiger partial charge in [0.15, 0.2) is 0 Å². The van der Waals surface area contributed by atoms with E-state index in [0.717, 1.165) is 18.4 Å². The van der Waals surface area contributed by atoms with Gasteiger partial charge in [-0.05, 0) is 36.8 Å². The Labute approximate surface area is 203 Å². The minimum Gasteiger partial charge on any atom is -0.480 e. The maximum atomic E-state index is 13.1. The van der Waals surface area contributed by atoms with Gasteiger partial charge in [-0.15, -0.1) is 0 Å². The van der Waals surface area contributed by atoms with Crippen LogP contribution in [0.4, 0.5) is 0 Å². The molecule has 0 radical (unpaired) electrons. The molecule has 34 heavy (non-hydrogen) atoms. The number of nitrogens with zero attached hydrogens (tertiary/aromatic N) is 2. The van der Waals surface area contributed by atoms with Crippen molar-refractivity contribution in [1.29, 1.82) is 0 Å². The molecule has 0 spiro atoms. The number of rotatable bonds is 13. The molecule has 1 aliphatic heterocycles. The Kier molecular flexibility index (Phi) is 9.96. The van der Waals surface area contributed by atoms with E-state index in [2.05, 4.69) is 15.3 Å². The molecule has 0 aliphatic carbocycles. The lowest BCUT2D eigenvalue weighted by Gasteiger charge is -2.27. The topological polar surface area (TPSA) is 125 Å². The maximum Gasteiger partial charge on any atom is 0.326 e. The van der Waals surface area contributed by atoms with Crippen LogP contribution in [0.15, 0.2) is 42.9 Å². The predicted molar refractivity (Wildman–Crippen MR) is 129 cm³/mol. The van der Waals surface area contributed by atoms with Crippen LogP contribution in [0.25, 0.3) is 0 Å². The monoisotopic (exact) mass is 488 g/mol. The number of carboxylic acids is 1. The summed E-state index contributed by atoms with van der Waals surface area (Å²) >= 11 is 1.53. The molecule has 1 unspecified atom stereocenters. The lowest BCUT2D eigenvalue weighted by atomic mass is 10.1. The lowest BCUT2D eigenvalue weighted by Crippen LogP contribution is -2.48. The highest BCUT2D eigenvalue weighted by atomic mass is 32.2. The maximum absolute atomic E-state index is 13.1. The molecule has 1 aromatic heterocycles. The van der Waals surface area contributed by atoms with Gasteiger partial charge >= 0.3 is 5.97 Å². The van der Waals surface area contributed by atoms with Crippen molar-refractivity contribution in [2.75, 3.05) is 25.2 Å². The number of aliphatic carboxylic acids is 1. The number of thioether (sulfide) groups is 1. The second-order valence-electron chi connectivity index (χ2n) is 8.31. The van der Waals surface area contributed by atoms with Crippen LogP contribution in [0.2, 0.25) is 0 Å². The summed E-state index contributed by atoms with van der Waals surface area (Å²) in [6.45, 7) is 0.850. The Morgan fingerprint density at radius 2 is 2.12 bits per heavy atom. The van der Waals surface area contributed by atoms with Gasteiger partial charge in [0, 0.05) is 19.2 Å². The van der Waals surface area contributed by atoms with Crippen LogP contribution in [-0.4, -0.2) is 81.1 Å². The first-order chi connectivity index (χ1) is 16.5. The molecular formula is C24H32N4O5S. The van der Waals surface area contributed by atoms with Gasteiger partial charge in [0.1, 0.15) is 12.1 Å². The smallest absolute Gasteiger partial charge is 0.326 e. The van der Waals surface area contributed by atoms with Crippen LogP contribution in [-0.2, 0) is 32.0 Å². The molecule has 3 rings (SSSR count). The number of carbonyl (C=O) groups is 3. The van der Waals surface area contributed by atoms with Gasteiger partial charge in [-0.3, -0.25) is 9.59 Å². The predicted octanol–water partition coefficient (Wildman–Crippen LogP) is 1.89. The SMILES string of the molecule is CSCC[C@H](NC(=O)C(Cc1ccccc1)OC[C@@H]1CCCN1C(=O)Cc1c[nH]cn1)C(=O)O. The highest BCUT2D eigenvalue weighted by Gasteiger charge is 2.32. The number of ether oxygens (including phenoxy) is 1. The molecule has 3 N–H and O–H groups in total. The van der Waals surface area contributed by atoms with E-state index in [1.165, 1.54) is 11.8 Å². The molecule has 0 saturated carbocycles. The van der Waals surface area contributed by atoms with E-state index in [0.29, 0.717) is 30.8 Å². The minimum atomic E-state index is -1.06. The number of carbonyl (C=O) groups excluding carboxylic acids is 2. The summed E-state index contributed by atoms with van der Waals surface area (Å²) in [5, 5.41) is 12.1. The number of carboxylic acid groups (broad SMARTS) is 1. The minimum absolute atomic E-state index is 0.0229. The standard InChI is InChI=1S/C24H32N4O5S/c1-34-11-9-20(24(31)32)27-23(30)21(12-17-6-3-2-4-7-17)33-15-19-8-5-10-28(19)22(29)13-18-14-25-16-26-18/h2-4,6-7,14,16,19-21H,5,8-13,15H2,1H3,(H,25,26)(H,27,30)(H,31,32)/t19-,20-,21?/m0/s1. The van der Waals surface area contributed by atoms with Crippen LogP contribution in [0.1, 0.15) is 30.5 Å². The molecule has 10 heteroatoms. The van der Waals surface area contributed by atoms with Crippen LogP contribution < -0.4 is 5.32 Å². The van der Waals surface area contributed by atoms with Crippen molar-refractivity contribution in [3.8, 4) is 0 Å². The highest BCUT2D eigenvalue weighted by molar-refractivity contribution is 7.98. The first-order valence-corrected chi connectivity index (χ1v) is 12.8. The largest absolute Gasteiger partial charge is 0.480 e. The summed E-state index contributed by atoms with van der Waals surface area (Å²) in [4.78, 5) is 46.2. The molecule has 9 nitrogen and oxygen atoms in total. The molecule has 184 valence electrons. The first-order valence-electron chi connectivity index (χ1n) is 11.4.